The second-order valence-electron chi connectivity index (χ2n) is 10.0. The normalized spacial score (nSPS) is 31.0. The second-order valence-corrected chi connectivity index (χ2v) is 10.5. The maximum Gasteiger partial charge on any atom is 0.128 e. The lowest BCUT2D eigenvalue weighted by Gasteiger charge is -2.57. The summed E-state index contributed by atoms with van der Waals surface area (Å²) in [5.74, 6) is 4.07. The van der Waals surface area contributed by atoms with Crippen LogP contribution in [0, 0.1) is 23.2 Å². The molecule has 2 N–H and O–H groups in total. The van der Waals surface area contributed by atoms with E-state index in [1.54, 1.807) is 0 Å². The first-order chi connectivity index (χ1) is 14.1. The van der Waals surface area contributed by atoms with Crippen LogP contribution in [-0.4, -0.2) is 6.04 Å². The van der Waals surface area contributed by atoms with Crippen LogP contribution in [-0.2, 0) is 13.2 Å². The molecule has 0 amide bonds. The van der Waals surface area contributed by atoms with Gasteiger partial charge in [-0.15, -0.1) is 0 Å². The third-order valence-corrected chi connectivity index (χ3v) is 8.28. The first kappa shape index (κ1) is 19.5. The molecule has 154 valence electrons. The Morgan fingerprint density at radius 1 is 0.966 bits per heavy atom. The van der Waals surface area contributed by atoms with Gasteiger partial charge in [0.25, 0.3) is 0 Å². The molecule has 29 heavy (non-hydrogen) atoms. The Morgan fingerprint density at radius 2 is 1.59 bits per heavy atom. The molecule has 4 saturated carbocycles. The van der Waals surface area contributed by atoms with E-state index in [0.29, 0.717) is 18.1 Å². The number of para-hydroxylation sites is 1. The van der Waals surface area contributed by atoms with E-state index in [0.717, 1.165) is 40.6 Å². The number of nitrogens with two attached hydrogens (primary N) is 1. The summed E-state index contributed by atoms with van der Waals surface area (Å²) < 4.78 is 6.18. The van der Waals surface area contributed by atoms with Crippen LogP contribution in [0.25, 0.3) is 0 Å². The van der Waals surface area contributed by atoms with E-state index in [1.807, 2.05) is 24.3 Å². The van der Waals surface area contributed by atoms with Crippen molar-refractivity contribution in [2.75, 3.05) is 0 Å². The van der Waals surface area contributed by atoms with Gasteiger partial charge in [-0.1, -0.05) is 35.9 Å². The molecule has 0 heterocycles. The fourth-order valence-corrected chi connectivity index (χ4v) is 6.97. The van der Waals surface area contributed by atoms with Gasteiger partial charge >= 0.3 is 0 Å². The molecule has 3 heteroatoms. The van der Waals surface area contributed by atoms with Gasteiger partial charge in [-0.25, -0.2) is 0 Å². The maximum absolute atomic E-state index is 6.18. The van der Waals surface area contributed by atoms with E-state index >= 15 is 0 Å². The highest BCUT2D eigenvalue weighted by atomic mass is 35.5. The molecular formula is C26H33ClNO+. The average molecular weight is 411 g/mol. The minimum Gasteiger partial charge on any atom is -0.488 e. The van der Waals surface area contributed by atoms with Gasteiger partial charge in [-0.2, -0.15) is 0 Å². The lowest BCUT2D eigenvalue weighted by Crippen LogP contribution is -2.91. The van der Waals surface area contributed by atoms with Gasteiger partial charge in [-0.3, -0.25) is 0 Å². The summed E-state index contributed by atoms with van der Waals surface area (Å²) in [6, 6.07) is 17.1. The van der Waals surface area contributed by atoms with Crippen molar-refractivity contribution in [2.45, 2.75) is 64.6 Å². The Hall–Kier alpha value is -1.51. The van der Waals surface area contributed by atoms with Crippen molar-refractivity contribution in [1.29, 1.82) is 0 Å². The van der Waals surface area contributed by atoms with Crippen molar-refractivity contribution < 1.29 is 10.1 Å². The second kappa shape index (κ2) is 7.96. The summed E-state index contributed by atoms with van der Waals surface area (Å²) in [6.07, 6.45) is 9.00. The summed E-state index contributed by atoms with van der Waals surface area (Å²) in [6.45, 7) is 4.07. The summed E-state index contributed by atoms with van der Waals surface area (Å²) in [7, 11) is 0. The first-order valence-corrected chi connectivity index (χ1v) is 11.8. The Balaban J connectivity index is 1.22. The Morgan fingerprint density at radius 3 is 2.24 bits per heavy atom. The molecule has 2 aromatic rings. The van der Waals surface area contributed by atoms with E-state index in [2.05, 4.69) is 36.5 Å². The van der Waals surface area contributed by atoms with Gasteiger partial charge in [-0.05, 0) is 93.0 Å². The zero-order valence-corrected chi connectivity index (χ0v) is 18.2. The average Bonchev–Trinajstić information content (AvgIpc) is 2.71. The number of hydrogen-bond donors (Lipinski definition) is 1. The van der Waals surface area contributed by atoms with Gasteiger partial charge < -0.3 is 10.1 Å². The first-order valence-electron chi connectivity index (χ1n) is 11.4. The summed E-state index contributed by atoms with van der Waals surface area (Å²) in [5.41, 5.74) is 3.04. The van der Waals surface area contributed by atoms with Crippen molar-refractivity contribution in [2.24, 2.45) is 23.2 Å². The molecule has 1 atom stereocenters. The van der Waals surface area contributed by atoms with Gasteiger partial charge in [0.1, 0.15) is 18.9 Å². The Labute approximate surface area is 180 Å². The minimum atomic E-state index is 0.582. The molecule has 6 rings (SSSR count). The van der Waals surface area contributed by atoms with Crippen LogP contribution in [0.1, 0.15) is 56.6 Å². The SMILES string of the molecule is CC([NH2+]Cc1ccccc1OCc1ccc(Cl)cc1)C12CC3CC(CC(C3)C1)C2. The van der Waals surface area contributed by atoms with Crippen LogP contribution < -0.4 is 10.1 Å². The van der Waals surface area contributed by atoms with Crippen molar-refractivity contribution in [1.82, 2.24) is 0 Å². The standard InChI is InChI=1S/C26H32ClNO/c1-18(26-13-20-10-21(14-26)12-22(11-20)15-26)28-16-23-4-2-3-5-25(23)29-17-19-6-8-24(27)9-7-19/h2-9,18,20-22,28H,10-17H2,1H3/p+1. The van der Waals surface area contributed by atoms with E-state index in [4.69, 9.17) is 16.3 Å². The van der Waals surface area contributed by atoms with Gasteiger partial charge in [0.2, 0.25) is 0 Å². The van der Waals surface area contributed by atoms with Crippen molar-refractivity contribution in [3.8, 4) is 5.75 Å². The number of rotatable bonds is 7. The number of halogens is 1. The predicted molar refractivity (Wildman–Crippen MR) is 118 cm³/mol. The summed E-state index contributed by atoms with van der Waals surface area (Å²) in [5, 5.41) is 3.36. The predicted octanol–water partition coefficient (Wildman–Crippen LogP) is 5.59. The molecule has 0 radical (unpaired) electrons. The fraction of sp³-hybridized carbons (Fsp3) is 0.538. The highest BCUT2D eigenvalue weighted by Gasteiger charge is 2.54. The monoisotopic (exact) mass is 410 g/mol. The molecule has 0 aromatic heterocycles. The Kier molecular flexibility index (Phi) is 5.34. The van der Waals surface area contributed by atoms with Gasteiger partial charge in [0, 0.05) is 16.0 Å². The topological polar surface area (TPSA) is 25.8 Å². The molecular weight excluding hydrogens is 378 g/mol. The summed E-state index contributed by atoms with van der Waals surface area (Å²) >= 11 is 5.99. The minimum absolute atomic E-state index is 0.582. The zero-order chi connectivity index (χ0) is 19.8. The van der Waals surface area contributed by atoms with Crippen LogP contribution in [0.4, 0.5) is 0 Å². The smallest absolute Gasteiger partial charge is 0.128 e. The molecule has 4 aliphatic carbocycles. The van der Waals surface area contributed by atoms with E-state index in [1.165, 1.54) is 44.1 Å². The number of quaternary nitrogens is 1. The van der Waals surface area contributed by atoms with Gasteiger partial charge in [0.05, 0.1) is 6.04 Å². The molecule has 4 aliphatic rings. The van der Waals surface area contributed by atoms with Crippen LogP contribution in [0.2, 0.25) is 5.02 Å². The number of ether oxygens (including phenoxy) is 1. The molecule has 1 unspecified atom stereocenters. The van der Waals surface area contributed by atoms with Crippen molar-refractivity contribution in [3.05, 3.63) is 64.7 Å². The van der Waals surface area contributed by atoms with E-state index in [9.17, 15) is 0 Å². The molecule has 0 saturated heterocycles. The third-order valence-electron chi connectivity index (χ3n) is 8.02. The quantitative estimate of drug-likeness (QED) is 0.632. The summed E-state index contributed by atoms with van der Waals surface area (Å²) in [4.78, 5) is 0. The molecule has 0 spiro atoms. The maximum atomic E-state index is 6.18. The van der Waals surface area contributed by atoms with Crippen LogP contribution in [0.15, 0.2) is 48.5 Å². The van der Waals surface area contributed by atoms with Gasteiger partial charge in [0.15, 0.2) is 0 Å². The lowest BCUT2D eigenvalue weighted by atomic mass is 9.48. The molecule has 4 bridgehead atoms. The molecule has 2 nitrogen and oxygen atoms in total. The van der Waals surface area contributed by atoms with Crippen molar-refractivity contribution in [3.63, 3.8) is 0 Å². The molecule has 0 aliphatic heterocycles. The number of hydrogen-bond acceptors (Lipinski definition) is 1. The highest BCUT2D eigenvalue weighted by molar-refractivity contribution is 6.30. The fourth-order valence-electron chi connectivity index (χ4n) is 6.84. The van der Waals surface area contributed by atoms with Crippen LogP contribution >= 0.6 is 11.6 Å². The van der Waals surface area contributed by atoms with E-state index < -0.39 is 0 Å². The van der Waals surface area contributed by atoms with Crippen LogP contribution in [0.5, 0.6) is 5.75 Å². The van der Waals surface area contributed by atoms with Crippen molar-refractivity contribution >= 4 is 11.6 Å². The number of benzene rings is 2. The van der Waals surface area contributed by atoms with Crippen LogP contribution in [0.3, 0.4) is 0 Å². The third kappa shape index (κ3) is 4.07. The molecule has 2 aromatic carbocycles. The zero-order valence-electron chi connectivity index (χ0n) is 17.4. The highest BCUT2D eigenvalue weighted by Crippen LogP contribution is 2.60. The lowest BCUT2D eigenvalue weighted by molar-refractivity contribution is -0.717. The Bertz CT molecular complexity index is 811. The molecule has 4 fully saturated rings. The van der Waals surface area contributed by atoms with E-state index in [-0.39, 0.29) is 0 Å². The largest absolute Gasteiger partial charge is 0.488 e.